The zero-order valence-corrected chi connectivity index (χ0v) is 11.9. The highest BCUT2D eigenvalue weighted by atomic mass is 79.9. The molecule has 5 unspecified atom stereocenters. The van der Waals surface area contributed by atoms with Crippen molar-refractivity contribution in [3.63, 3.8) is 0 Å². The van der Waals surface area contributed by atoms with Gasteiger partial charge in [0.25, 0.3) is 0 Å². The van der Waals surface area contributed by atoms with Crippen molar-refractivity contribution in [3.8, 4) is 0 Å². The van der Waals surface area contributed by atoms with Crippen molar-refractivity contribution in [1.29, 1.82) is 0 Å². The summed E-state index contributed by atoms with van der Waals surface area (Å²) in [5.74, 6) is 4.82. The lowest BCUT2D eigenvalue weighted by atomic mass is 9.97. The molecule has 1 aromatic rings. The van der Waals surface area contributed by atoms with Crippen LogP contribution < -0.4 is 0 Å². The zero-order chi connectivity index (χ0) is 12.3. The summed E-state index contributed by atoms with van der Waals surface area (Å²) >= 11 is 3.88. The first-order chi connectivity index (χ1) is 8.74. The summed E-state index contributed by atoms with van der Waals surface area (Å²) in [5, 5.41) is 0. The average molecular weight is 309 g/mol. The predicted octanol–water partition coefficient (Wildman–Crippen LogP) is 4.42. The van der Waals surface area contributed by atoms with Crippen LogP contribution in [0.15, 0.2) is 24.3 Å². The van der Waals surface area contributed by atoms with Crippen molar-refractivity contribution in [3.05, 3.63) is 35.6 Å². The van der Waals surface area contributed by atoms with Crippen LogP contribution in [0, 0.1) is 35.4 Å². The fourth-order valence-corrected chi connectivity index (χ4v) is 5.98. The highest BCUT2D eigenvalue weighted by Crippen LogP contribution is 2.71. The van der Waals surface area contributed by atoms with Crippen LogP contribution in [0.2, 0.25) is 0 Å². The molecule has 4 rings (SSSR count). The Bertz CT molecular complexity index is 456. The first kappa shape index (κ1) is 11.5. The molecule has 3 fully saturated rings. The van der Waals surface area contributed by atoms with Crippen molar-refractivity contribution in [2.45, 2.75) is 30.5 Å². The van der Waals surface area contributed by atoms with E-state index in [-0.39, 0.29) is 5.82 Å². The lowest BCUT2D eigenvalue weighted by Gasteiger charge is -2.14. The molecule has 0 heterocycles. The Morgan fingerprint density at radius 1 is 1.22 bits per heavy atom. The maximum Gasteiger partial charge on any atom is 0.123 e. The van der Waals surface area contributed by atoms with Gasteiger partial charge in [0.15, 0.2) is 0 Å². The predicted molar refractivity (Wildman–Crippen MR) is 74.1 cm³/mol. The van der Waals surface area contributed by atoms with Gasteiger partial charge < -0.3 is 0 Å². The Morgan fingerprint density at radius 2 is 1.94 bits per heavy atom. The first-order valence-corrected chi connectivity index (χ1v) is 8.04. The minimum Gasteiger partial charge on any atom is -0.207 e. The topological polar surface area (TPSA) is 0 Å². The van der Waals surface area contributed by atoms with Crippen LogP contribution in [-0.4, -0.2) is 4.83 Å². The molecule has 2 heteroatoms. The summed E-state index contributed by atoms with van der Waals surface area (Å²) in [7, 11) is 0. The van der Waals surface area contributed by atoms with Crippen LogP contribution in [0.3, 0.4) is 0 Å². The molecule has 0 amide bonds. The molecule has 3 aliphatic carbocycles. The molecule has 18 heavy (non-hydrogen) atoms. The second-order valence-corrected chi connectivity index (χ2v) is 7.59. The van der Waals surface area contributed by atoms with Gasteiger partial charge in [0, 0.05) is 4.83 Å². The Kier molecular flexibility index (Phi) is 2.58. The van der Waals surface area contributed by atoms with Gasteiger partial charge in [-0.25, -0.2) is 4.39 Å². The summed E-state index contributed by atoms with van der Waals surface area (Å²) in [6.07, 6.45) is 5.43. The van der Waals surface area contributed by atoms with E-state index in [1.807, 2.05) is 12.1 Å². The highest BCUT2D eigenvalue weighted by molar-refractivity contribution is 9.09. The van der Waals surface area contributed by atoms with Crippen LogP contribution in [0.25, 0.3) is 0 Å². The second-order valence-electron chi connectivity index (χ2n) is 6.42. The number of rotatable bonds is 3. The average Bonchev–Trinajstić information content (AvgIpc) is 2.79. The molecule has 2 bridgehead atoms. The van der Waals surface area contributed by atoms with Gasteiger partial charge in [-0.2, -0.15) is 0 Å². The number of hydrogen-bond donors (Lipinski definition) is 0. The first-order valence-electron chi connectivity index (χ1n) is 7.12. The molecule has 0 N–H and O–H groups in total. The molecule has 5 atom stereocenters. The quantitative estimate of drug-likeness (QED) is 0.725. The van der Waals surface area contributed by atoms with Crippen LogP contribution in [0.4, 0.5) is 4.39 Å². The van der Waals surface area contributed by atoms with Crippen LogP contribution in [0.5, 0.6) is 0 Å². The van der Waals surface area contributed by atoms with Crippen molar-refractivity contribution in [2.75, 3.05) is 0 Å². The molecule has 96 valence electrons. The summed E-state index contributed by atoms with van der Waals surface area (Å²) < 4.78 is 13.2. The maximum atomic E-state index is 13.2. The molecule has 0 saturated heterocycles. The summed E-state index contributed by atoms with van der Waals surface area (Å²) in [6.45, 7) is 0. The largest absolute Gasteiger partial charge is 0.207 e. The number of fused-ring (bicyclic) bond motifs is 5. The maximum absolute atomic E-state index is 13.2. The Labute approximate surface area is 116 Å². The molecule has 1 aromatic carbocycles. The zero-order valence-electron chi connectivity index (χ0n) is 10.4. The molecule has 0 radical (unpaired) electrons. The molecule has 3 aliphatic rings. The third-order valence-corrected chi connectivity index (χ3v) is 6.47. The summed E-state index contributed by atoms with van der Waals surface area (Å²) in [6, 6.07) is 7.08. The van der Waals surface area contributed by atoms with Gasteiger partial charge >= 0.3 is 0 Å². The molecular weight excluding hydrogens is 291 g/mol. The molecule has 3 saturated carbocycles. The van der Waals surface area contributed by atoms with E-state index in [1.54, 1.807) is 6.07 Å². The Morgan fingerprint density at radius 3 is 2.61 bits per heavy atom. The smallest absolute Gasteiger partial charge is 0.123 e. The van der Waals surface area contributed by atoms with Gasteiger partial charge in [0.1, 0.15) is 5.82 Å². The number of hydrogen-bond acceptors (Lipinski definition) is 0. The van der Waals surface area contributed by atoms with Crippen LogP contribution in [0.1, 0.15) is 24.8 Å². The van der Waals surface area contributed by atoms with E-state index in [0.29, 0.717) is 4.83 Å². The lowest BCUT2D eigenvalue weighted by Crippen LogP contribution is -2.12. The Balaban J connectivity index is 1.45. The van der Waals surface area contributed by atoms with Gasteiger partial charge in [-0.3, -0.25) is 0 Å². The van der Waals surface area contributed by atoms with Crippen molar-refractivity contribution in [1.82, 2.24) is 0 Å². The Hall–Kier alpha value is -0.370. The third kappa shape index (κ3) is 1.68. The monoisotopic (exact) mass is 308 g/mol. The van der Waals surface area contributed by atoms with Crippen molar-refractivity contribution < 1.29 is 4.39 Å². The SMILES string of the molecule is Fc1cccc(CC(Br)C2C3C4CCC(C4)C23)c1. The van der Waals surface area contributed by atoms with E-state index in [9.17, 15) is 4.39 Å². The third-order valence-electron chi connectivity index (χ3n) is 5.53. The van der Waals surface area contributed by atoms with E-state index in [0.717, 1.165) is 41.6 Å². The van der Waals surface area contributed by atoms with Crippen LogP contribution in [-0.2, 0) is 6.42 Å². The fraction of sp³-hybridized carbons (Fsp3) is 0.625. The lowest BCUT2D eigenvalue weighted by molar-refractivity contribution is 0.454. The highest BCUT2D eigenvalue weighted by Gasteiger charge is 2.66. The molecular formula is C16H18BrF. The molecule has 0 aliphatic heterocycles. The molecule has 0 aromatic heterocycles. The normalized spacial score (nSPS) is 41.8. The fourth-order valence-electron chi connectivity index (χ4n) is 4.90. The van der Waals surface area contributed by atoms with Gasteiger partial charge in [0.05, 0.1) is 0 Å². The summed E-state index contributed by atoms with van der Waals surface area (Å²) in [5.41, 5.74) is 1.13. The number of benzene rings is 1. The van der Waals surface area contributed by atoms with E-state index in [2.05, 4.69) is 15.9 Å². The minimum absolute atomic E-state index is 0.108. The standard InChI is InChI=1S/C16H18BrF/c17-13(7-9-2-1-3-12(18)6-9)16-14-10-4-5-11(8-10)15(14)16/h1-3,6,10-11,13-16H,4-5,7-8H2. The van der Waals surface area contributed by atoms with Gasteiger partial charge in [0.2, 0.25) is 0 Å². The number of halogens is 2. The minimum atomic E-state index is -0.108. The second kappa shape index (κ2) is 4.06. The van der Waals surface area contributed by atoms with Gasteiger partial charge in [-0.1, -0.05) is 28.1 Å². The number of alkyl halides is 1. The van der Waals surface area contributed by atoms with Crippen molar-refractivity contribution in [2.24, 2.45) is 29.6 Å². The summed E-state index contributed by atoms with van der Waals surface area (Å²) in [4.78, 5) is 0.553. The van der Waals surface area contributed by atoms with E-state index >= 15 is 0 Å². The van der Waals surface area contributed by atoms with Crippen LogP contribution >= 0.6 is 15.9 Å². The van der Waals surface area contributed by atoms with E-state index in [4.69, 9.17) is 0 Å². The molecule has 0 nitrogen and oxygen atoms in total. The van der Waals surface area contributed by atoms with E-state index in [1.165, 1.54) is 25.3 Å². The van der Waals surface area contributed by atoms with E-state index < -0.39 is 0 Å². The van der Waals surface area contributed by atoms with Gasteiger partial charge in [-0.15, -0.1) is 0 Å². The van der Waals surface area contributed by atoms with Gasteiger partial charge in [-0.05, 0) is 73.0 Å². The molecule has 0 spiro atoms. The van der Waals surface area contributed by atoms with Crippen molar-refractivity contribution >= 4 is 15.9 Å².